The zero-order valence-electron chi connectivity index (χ0n) is 7.47. The van der Waals surface area contributed by atoms with Crippen molar-refractivity contribution < 1.29 is 0 Å². The van der Waals surface area contributed by atoms with Crippen molar-refractivity contribution in [1.82, 2.24) is 4.98 Å². The van der Waals surface area contributed by atoms with E-state index in [4.69, 9.17) is 12.2 Å². The van der Waals surface area contributed by atoms with Gasteiger partial charge in [0.1, 0.15) is 17.0 Å². The highest BCUT2D eigenvalue weighted by molar-refractivity contribution is 7.77. The molecule has 0 fully saturated rings. The minimum atomic E-state index is 0.961. The molecule has 0 N–H and O–H groups in total. The Labute approximate surface area is 104 Å². The van der Waals surface area contributed by atoms with Crippen LogP contribution in [0.5, 0.6) is 0 Å². The molecule has 0 aliphatic rings. The predicted octanol–water partition coefficient (Wildman–Crippen LogP) is 4.82. The third-order valence-electron chi connectivity index (χ3n) is 1.94. The zero-order chi connectivity index (χ0) is 10.3. The highest BCUT2D eigenvalue weighted by Crippen LogP contribution is 2.36. The summed E-state index contributed by atoms with van der Waals surface area (Å²) >= 11 is 10.1. The molecule has 0 saturated heterocycles. The van der Waals surface area contributed by atoms with Crippen LogP contribution in [0.3, 0.4) is 0 Å². The van der Waals surface area contributed by atoms with Gasteiger partial charge in [0.2, 0.25) is 0 Å². The van der Waals surface area contributed by atoms with Crippen LogP contribution in [-0.2, 0) is 0 Å². The van der Waals surface area contributed by atoms with E-state index in [9.17, 15) is 0 Å². The Bertz CT molecular complexity index is 612. The summed E-state index contributed by atoms with van der Waals surface area (Å²) in [4.78, 5) is 5.66. The topological polar surface area (TPSA) is 12.9 Å². The lowest BCUT2D eigenvalue weighted by atomic mass is 10.2. The van der Waals surface area contributed by atoms with E-state index in [1.54, 1.807) is 34.0 Å². The van der Waals surface area contributed by atoms with Crippen LogP contribution in [0.25, 0.3) is 19.4 Å². The van der Waals surface area contributed by atoms with Gasteiger partial charge in [-0.25, -0.2) is 4.98 Å². The third kappa shape index (κ3) is 1.76. The number of benzene rings is 1. The summed E-state index contributed by atoms with van der Waals surface area (Å²) in [7, 11) is 0. The Morgan fingerprint density at radius 1 is 1.00 bits per heavy atom. The molecule has 0 unspecified atom stereocenters. The molecule has 5 heteroatoms. The van der Waals surface area contributed by atoms with E-state index in [0.29, 0.717) is 0 Å². The molecule has 1 aromatic carbocycles. The summed E-state index contributed by atoms with van der Waals surface area (Å²) in [5.74, 6) is 0. The lowest BCUT2D eigenvalue weighted by molar-refractivity contribution is 1.50. The summed E-state index contributed by atoms with van der Waals surface area (Å²) in [6, 6.07) is 10.3. The van der Waals surface area contributed by atoms with Crippen molar-refractivity contribution >= 4 is 55.1 Å². The second kappa shape index (κ2) is 3.75. The van der Waals surface area contributed by atoms with Gasteiger partial charge in [-0.3, -0.25) is 0 Å². The van der Waals surface area contributed by atoms with Gasteiger partial charge in [0.15, 0.2) is 0 Å². The van der Waals surface area contributed by atoms with Crippen molar-refractivity contribution in [2.45, 2.75) is 0 Å². The maximum absolute atomic E-state index is 5.13. The maximum atomic E-state index is 5.13. The molecule has 0 radical (unpaired) electrons. The number of hydrogen-bond acceptors (Lipinski definition) is 5. The Morgan fingerprint density at radius 3 is 2.53 bits per heavy atom. The first-order chi connectivity index (χ1) is 7.33. The van der Waals surface area contributed by atoms with Gasteiger partial charge in [0, 0.05) is 5.56 Å². The highest BCUT2D eigenvalue weighted by atomic mass is 32.2. The first kappa shape index (κ1) is 9.59. The van der Waals surface area contributed by atoms with E-state index in [-0.39, 0.29) is 0 Å². The standard InChI is InChI=1S/C10H5NS4/c12-10-14-8-9(15-10)13-7(11-8)6-4-2-1-3-5-6/h1-5H. The van der Waals surface area contributed by atoms with E-state index in [1.165, 1.54) is 9.58 Å². The molecule has 74 valence electrons. The van der Waals surface area contributed by atoms with Crippen LogP contribution in [-0.4, -0.2) is 4.98 Å². The van der Waals surface area contributed by atoms with Crippen molar-refractivity contribution in [2.75, 3.05) is 0 Å². The molecular formula is C10H5NS4. The number of rotatable bonds is 1. The maximum Gasteiger partial charge on any atom is 0.147 e. The van der Waals surface area contributed by atoms with E-state index >= 15 is 0 Å². The van der Waals surface area contributed by atoms with E-state index in [2.05, 4.69) is 17.1 Å². The SMILES string of the molecule is S=c1sc2nc(-c3ccccc3)sc2s1. The number of fused-ring (bicyclic) bond motifs is 1. The number of aromatic nitrogens is 1. The molecule has 0 aliphatic heterocycles. The van der Waals surface area contributed by atoms with Gasteiger partial charge in [-0.2, -0.15) is 0 Å². The molecule has 2 aromatic heterocycles. The van der Waals surface area contributed by atoms with Crippen molar-refractivity contribution in [3.8, 4) is 10.6 Å². The van der Waals surface area contributed by atoms with Crippen molar-refractivity contribution in [3.05, 3.63) is 33.5 Å². The van der Waals surface area contributed by atoms with Crippen LogP contribution in [0.1, 0.15) is 0 Å². The summed E-state index contributed by atoms with van der Waals surface area (Å²) in [5.41, 5.74) is 1.18. The molecule has 0 spiro atoms. The average Bonchev–Trinajstić information content (AvgIpc) is 2.76. The normalized spacial score (nSPS) is 10.9. The van der Waals surface area contributed by atoms with Crippen LogP contribution >= 0.6 is 46.2 Å². The minimum Gasteiger partial charge on any atom is -0.224 e. The van der Waals surface area contributed by atoms with Gasteiger partial charge in [0.05, 0.1) is 0 Å². The molecule has 0 bridgehead atoms. The average molecular weight is 267 g/mol. The lowest BCUT2D eigenvalue weighted by Crippen LogP contribution is -1.72. The molecule has 15 heavy (non-hydrogen) atoms. The van der Waals surface area contributed by atoms with Gasteiger partial charge < -0.3 is 0 Å². The summed E-state index contributed by atoms with van der Waals surface area (Å²) < 4.78 is 2.20. The largest absolute Gasteiger partial charge is 0.224 e. The van der Waals surface area contributed by atoms with Gasteiger partial charge in [-0.05, 0) is 0 Å². The van der Waals surface area contributed by atoms with E-state index in [1.807, 2.05) is 18.2 Å². The van der Waals surface area contributed by atoms with Crippen LogP contribution in [0, 0.1) is 3.14 Å². The molecule has 3 rings (SSSR count). The first-order valence-corrected chi connectivity index (χ1v) is 7.14. The third-order valence-corrected chi connectivity index (χ3v) is 5.80. The monoisotopic (exact) mass is 267 g/mol. The fourth-order valence-corrected chi connectivity index (χ4v) is 5.33. The fourth-order valence-electron chi connectivity index (χ4n) is 1.30. The second-order valence-electron chi connectivity index (χ2n) is 2.93. The second-order valence-corrected chi connectivity index (χ2v) is 7.39. The van der Waals surface area contributed by atoms with Gasteiger partial charge in [0.25, 0.3) is 0 Å². The smallest absolute Gasteiger partial charge is 0.147 e. The zero-order valence-corrected chi connectivity index (χ0v) is 10.7. The lowest BCUT2D eigenvalue weighted by Gasteiger charge is -1.92. The highest BCUT2D eigenvalue weighted by Gasteiger charge is 2.07. The first-order valence-electron chi connectivity index (χ1n) is 4.29. The summed E-state index contributed by atoms with van der Waals surface area (Å²) in [6.45, 7) is 0. The molecule has 0 aliphatic carbocycles. The van der Waals surface area contributed by atoms with Gasteiger partial charge in [-0.15, -0.1) is 11.3 Å². The fraction of sp³-hybridized carbons (Fsp3) is 0. The number of thiazole rings is 1. The van der Waals surface area contributed by atoms with Gasteiger partial charge in [-0.1, -0.05) is 65.2 Å². The van der Waals surface area contributed by atoms with Crippen LogP contribution in [0.4, 0.5) is 0 Å². The quantitative estimate of drug-likeness (QED) is 0.586. The molecular weight excluding hydrogens is 262 g/mol. The predicted molar refractivity (Wildman–Crippen MR) is 71.6 cm³/mol. The molecule has 0 atom stereocenters. The Kier molecular flexibility index (Phi) is 2.40. The molecule has 3 aromatic rings. The van der Waals surface area contributed by atoms with Crippen molar-refractivity contribution in [2.24, 2.45) is 0 Å². The van der Waals surface area contributed by atoms with Crippen LogP contribution < -0.4 is 0 Å². The molecule has 1 nitrogen and oxygen atoms in total. The molecule has 0 saturated carbocycles. The molecule has 2 heterocycles. The van der Waals surface area contributed by atoms with Crippen molar-refractivity contribution in [3.63, 3.8) is 0 Å². The molecule has 0 amide bonds. The Balaban J connectivity index is 2.20. The Hall–Kier alpha value is -0.620. The minimum absolute atomic E-state index is 0.961. The van der Waals surface area contributed by atoms with Crippen molar-refractivity contribution in [1.29, 1.82) is 0 Å². The number of hydrogen-bond donors (Lipinski definition) is 0. The van der Waals surface area contributed by atoms with Crippen LogP contribution in [0.15, 0.2) is 30.3 Å². The summed E-state index contributed by atoms with van der Waals surface area (Å²) in [5, 5.41) is 1.09. The van der Waals surface area contributed by atoms with Crippen LogP contribution in [0.2, 0.25) is 0 Å². The van der Waals surface area contributed by atoms with E-state index in [0.717, 1.165) is 13.0 Å². The number of nitrogens with zero attached hydrogens (tertiary/aromatic N) is 1. The Morgan fingerprint density at radius 2 is 1.80 bits per heavy atom. The van der Waals surface area contributed by atoms with Gasteiger partial charge >= 0.3 is 0 Å². The van der Waals surface area contributed by atoms with E-state index < -0.39 is 0 Å². The summed E-state index contributed by atoms with van der Waals surface area (Å²) in [6.07, 6.45) is 0.